The van der Waals surface area contributed by atoms with Gasteiger partial charge in [0, 0.05) is 18.2 Å². The predicted octanol–water partition coefficient (Wildman–Crippen LogP) is 3.83. The highest BCUT2D eigenvalue weighted by Crippen LogP contribution is 2.28. The molecule has 0 aromatic heterocycles. The number of hydrogen-bond donors (Lipinski definition) is 0. The van der Waals surface area contributed by atoms with E-state index in [1.165, 1.54) is 0 Å². The number of rotatable bonds is 2. The number of hydrogen-bond acceptors (Lipinski definition) is 1. The molecule has 4 heteroatoms. The Morgan fingerprint density at radius 1 is 1.13 bits per heavy atom. The summed E-state index contributed by atoms with van der Waals surface area (Å²) >= 11 is -0.292. The minimum atomic E-state index is -4.25. The fraction of sp³-hybridized carbons (Fsp3) is 0.273. The molecule has 0 amide bonds. The molecule has 0 spiro atoms. The Morgan fingerprint density at radius 3 is 2.40 bits per heavy atom. The first-order valence-corrected chi connectivity index (χ1v) is 5.16. The van der Waals surface area contributed by atoms with Crippen molar-refractivity contribution >= 4 is 11.8 Å². The highest BCUT2D eigenvalue weighted by Gasteiger charge is 2.27. The SMILES string of the molecule is FC(F)(F)SC#CCCc1ccccc1. The Kier molecular flexibility index (Phi) is 4.57. The van der Waals surface area contributed by atoms with Crippen molar-refractivity contribution in [2.45, 2.75) is 18.3 Å². The molecule has 0 aliphatic heterocycles. The molecule has 0 atom stereocenters. The molecule has 0 heterocycles. The molecule has 80 valence electrons. The Labute approximate surface area is 90.9 Å². The predicted molar refractivity (Wildman–Crippen MR) is 56.2 cm³/mol. The van der Waals surface area contributed by atoms with Gasteiger partial charge < -0.3 is 0 Å². The first kappa shape index (κ1) is 12.0. The van der Waals surface area contributed by atoms with Crippen LogP contribution >= 0.6 is 11.8 Å². The third-order valence-electron chi connectivity index (χ3n) is 1.62. The lowest BCUT2D eigenvalue weighted by Crippen LogP contribution is -1.96. The van der Waals surface area contributed by atoms with Gasteiger partial charge in [-0.2, -0.15) is 13.2 Å². The largest absolute Gasteiger partial charge is 0.453 e. The number of benzene rings is 1. The highest BCUT2D eigenvalue weighted by atomic mass is 32.2. The second-order valence-corrected chi connectivity index (χ2v) is 3.68. The molecule has 0 saturated heterocycles. The lowest BCUT2D eigenvalue weighted by atomic mass is 10.1. The average molecular weight is 230 g/mol. The maximum Gasteiger partial charge on any atom is 0.453 e. The standard InChI is InChI=1S/C11H9F3S/c12-11(13,14)15-9-5-4-8-10-6-2-1-3-7-10/h1-3,6-7H,4,8H2. The summed E-state index contributed by atoms with van der Waals surface area (Å²) in [5.41, 5.74) is -3.16. The van der Waals surface area contributed by atoms with E-state index in [9.17, 15) is 13.2 Å². The van der Waals surface area contributed by atoms with Gasteiger partial charge in [0.25, 0.3) is 0 Å². The topological polar surface area (TPSA) is 0 Å². The quantitative estimate of drug-likeness (QED) is 0.696. The van der Waals surface area contributed by atoms with Crippen molar-refractivity contribution in [2.24, 2.45) is 0 Å². The normalized spacial score (nSPS) is 10.6. The van der Waals surface area contributed by atoms with Crippen molar-refractivity contribution in [1.82, 2.24) is 0 Å². The zero-order chi connectivity index (χ0) is 11.1. The Morgan fingerprint density at radius 2 is 1.80 bits per heavy atom. The van der Waals surface area contributed by atoms with Crippen LogP contribution in [0.15, 0.2) is 30.3 Å². The third kappa shape index (κ3) is 6.08. The summed E-state index contributed by atoms with van der Waals surface area (Å²) in [7, 11) is 0. The van der Waals surface area contributed by atoms with Gasteiger partial charge in [-0.25, -0.2) is 0 Å². The summed E-state index contributed by atoms with van der Waals surface area (Å²) in [6.07, 6.45) is 1.14. The smallest absolute Gasteiger partial charge is 0.160 e. The van der Waals surface area contributed by atoms with Crippen molar-refractivity contribution in [3.63, 3.8) is 0 Å². The van der Waals surface area contributed by atoms with Crippen molar-refractivity contribution in [3.05, 3.63) is 35.9 Å². The van der Waals surface area contributed by atoms with Gasteiger partial charge in [-0.1, -0.05) is 36.3 Å². The van der Waals surface area contributed by atoms with E-state index < -0.39 is 5.51 Å². The molecule has 1 rings (SSSR count). The summed E-state index contributed by atoms with van der Waals surface area (Å²) in [6.45, 7) is 0. The maximum absolute atomic E-state index is 11.7. The van der Waals surface area contributed by atoms with Crippen LogP contribution in [0.3, 0.4) is 0 Å². The zero-order valence-electron chi connectivity index (χ0n) is 7.84. The van der Waals surface area contributed by atoms with E-state index in [0.29, 0.717) is 12.8 Å². The van der Waals surface area contributed by atoms with E-state index in [1.54, 1.807) is 0 Å². The van der Waals surface area contributed by atoms with Crippen LogP contribution in [0, 0.1) is 11.2 Å². The van der Waals surface area contributed by atoms with Gasteiger partial charge in [-0.15, -0.1) is 0 Å². The van der Waals surface area contributed by atoms with Crippen LogP contribution in [0.5, 0.6) is 0 Å². The summed E-state index contributed by atoms with van der Waals surface area (Å²) in [5.74, 6) is 2.48. The molecular weight excluding hydrogens is 221 g/mol. The molecule has 0 saturated carbocycles. The van der Waals surface area contributed by atoms with Gasteiger partial charge in [-0.05, 0) is 17.2 Å². The first-order chi connectivity index (χ1) is 7.08. The van der Waals surface area contributed by atoms with Crippen LogP contribution in [-0.4, -0.2) is 5.51 Å². The minimum Gasteiger partial charge on any atom is -0.160 e. The molecule has 0 unspecified atom stereocenters. The first-order valence-electron chi connectivity index (χ1n) is 4.34. The monoisotopic (exact) mass is 230 g/mol. The summed E-state index contributed by atoms with van der Waals surface area (Å²) in [4.78, 5) is 0. The summed E-state index contributed by atoms with van der Waals surface area (Å²) in [6, 6.07) is 9.55. The van der Waals surface area contributed by atoms with Crippen LogP contribution in [-0.2, 0) is 6.42 Å². The molecule has 0 nitrogen and oxygen atoms in total. The maximum atomic E-state index is 11.7. The number of thioether (sulfide) groups is 1. The lowest BCUT2D eigenvalue weighted by molar-refractivity contribution is -0.0318. The van der Waals surface area contributed by atoms with Gasteiger partial charge in [0.1, 0.15) is 0 Å². The molecule has 0 bridgehead atoms. The van der Waals surface area contributed by atoms with Crippen LogP contribution in [0.1, 0.15) is 12.0 Å². The second kappa shape index (κ2) is 5.72. The van der Waals surface area contributed by atoms with Crippen LogP contribution in [0.2, 0.25) is 0 Å². The molecule has 0 aliphatic carbocycles. The van der Waals surface area contributed by atoms with Gasteiger partial charge in [-0.3, -0.25) is 0 Å². The van der Waals surface area contributed by atoms with E-state index >= 15 is 0 Å². The average Bonchev–Trinajstić information content (AvgIpc) is 2.17. The molecule has 0 radical (unpaired) electrons. The number of aryl methyl sites for hydroxylation is 1. The Hall–Kier alpha value is -1.08. The van der Waals surface area contributed by atoms with Gasteiger partial charge in [0.05, 0.1) is 0 Å². The second-order valence-electron chi connectivity index (χ2n) is 2.81. The van der Waals surface area contributed by atoms with Crippen molar-refractivity contribution < 1.29 is 13.2 Å². The molecule has 0 fully saturated rings. The summed E-state index contributed by atoms with van der Waals surface area (Å²) < 4.78 is 35.0. The molecule has 1 aromatic carbocycles. The fourth-order valence-electron chi connectivity index (χ4n) is 0.996. The van der Waals surface area contributed by atoms with Crippen molar-refractivity contribution in [2.75, 3.05) is 0 Å². The Bertz CT molecular complexity index is 346. The molecule has 15 heavy (non-hydrogen) atoms. The van der Waals surface area contributed by atoms with Gasteiger partial charge in [0.15, 0.2) is 0 Å². The van der Waals surface area contributed by atoms with Gasteiger partial charge in [0.2, 0.25) is 0 Å². The zero-order valence-corrected chi connectivity index (χ0v) is 8.66. The van der Waals surface area contributed by atoms with Crippen LogP contribution in [0.25, 0.3) is 0 Å². The fourth-order valence-corrected chi connectivity index (χ4v) is 1.29. The highest BCUT2D eigenvalue weighted by molar-refractivity contribution is 8.04. The van der Waals surface area contributed by atoms with E-state index in [-0.39, 0.29) is 11.8 Å². The van der Waals surface area contributed by atoms with Gasteiger partial charge >= 0.3 is 5.51 Å². The molecule has 0 aliphatic rings. The van der Waals surface area contributed by atoms with Crippen molar-refractivity contribution in [1.29, 1.82) is 0 Å². The van der Waals surface area contributed by atoms with E-state index in [1.807, 2.05) is 35.6 Å². The third-order valence-corrected chi connectivity index (χ3v) is 2.10. The van der Waals surface area contributed by atoms with E-state index in [0.717, 1.165) is 5.56 Å². The van der Waals surface area contributed by atoms with E-state index in [4.69, 9.17) is 0 Å². The van der Waals surface area contributed by atoms with E-state index in [2.05, 4.69) is 5.92 Å². The van der Waals surface area contributed by atoms with Crippen LogP contribution < -0.4 is 0 Å². The number of halogens is 3. The number of alkyl halides is 3. The summed E-state index contributed by atoms with van der Waals surface area (Å²) in [5, 5.41) is 2.04. The van der Waals surface area contributed by atoms with Crippen LogP contribution in [0.4, 0.5) is 13.2 Å². The lowest BCUT2D eigenvalue weighted by Gasteiger charge is -1.96. The van der Waals surface area contributed by atoms with Crippen molar-refractivity contribution in [3.8, 4) is 11.2 Å². The molecule has 0 N–H and O–H groups in total. The molecule has 1 aromatic rings. The minimum absolute atomic E-state index is 0.292. The molecular formula is C11H9F3S. The Balaban J connectivity index is 2.28.